The third-order valence-corrected chi connectivity index (χ3v) is 11.0. The summed E-state index contributed by atoms with van der Waals surface area (Å²) in [6.07, 6.45) is -2.27. The van der Waals surface area contributed by atoms with Crippen molar-refractivity contribution in [2.24, 2.45) is 0 Å². The van der Waals surface area contributed by atoms with Gasteiger partial charge in [-0.25, -0.2) is 4.79 Å². The predicted molar refractivity (Wildman–Crippen MR) is 220 cm³/mol. The van der Waals surface area contributed by atoms with Crippen LogP contribution in [0.5, 0.6) is 5.75 Å². The molecule has 2 heterocycles. The van der Waals surface area contributed by atoms with Gasteiger partial charge in [0.1, 0.15) is 30.7 Å². The molecule has 2 bridgehead atoms. The van der Waals surface area contributed by atoms with Gasteiger partial charge in [0, 0.05) is 10.6 Å². The maximum Gasteiger partial charge on any atom is 0.343 e. The van der Waals surface area contributed by atoms with Crippen LogP contribution in [-0.4, -0.2) is 43.6 Å². The van der Waals surface area contributed by atoms with E-state index in [0.29, 0.717) is 23.6 Å². The number of fused-ring (bicyclic) bond motifs is 2. The molecule has 2 fully saturated rings. The van der Waals surface area contributed by atoms with E-state index in [9.17, 15) is 4.79 Å². The lowest BCUT2D eigenvalue weighted by Crippen LogP contribution is -2.69. The third-order valence-electron chi connectivity index (χ3n) is 10.6. The van der Waals surface area contributed by atoms with E-state index in [1.165, 1.54) is 7.11 Å². The number of ether oxygens (including phenoxy) is 7. The number of methoxy groups -OCH3 is 1. The quantitative estimate of drug-likeness (QED) is 0.0897. The van der Waals surface area contributed by atoms with Gasteiger partial charge < -0.3 is 33.2 Å². The first-order valence-corrected chi connectivity index (χ1v) is 19.8. The number of hydrogen-bond acceptors (Lipinski definition) is 8. The summed E-state index contributed by atoms with van der Waals surface area (Å²) in [5.74, 6) is -1.48. The maximum atomic E-state index is 14.1. The first-order valence-electron chi connectivity index (χ1n) is 19.4. The fourth-order valence-corrected chi connectivity index (χ4v) is 7.83. The summed E-state index contributed by atoms with van der Waals surface area (Å²) in [6.45, 7) is 0.911. The van der Waals surface area contributed by atoms with Crippen LogP contribution >= 0.6 is 11.6 Å². The zero-order valence-corrected chi connectivity index (χ0v) is 33.0. The highest BCUT2D eigenvalue weighted by molar-refractivity contribution is 6.31. The monoisotopic (exact) mass is 796 g/mol. The number of benzene rings is 6. The maximum absolute atomic E-state index is 14.1. The van der Waals surface area contributed by atoms with Gasteiger partial charge in [-0.05, 0) is 64.1 Å². The average Bonchev–Trinajstić information content (AvgIpc) is 3.64. The first kappa shape index (κ1) is 39.5. The van der Waals surface area contributed by atoms with Crippen LogP contribution in [0.1, 0.15) is 38.9 Å². The number of carbonyl (C=O) groups is 1. The molecule has 8 nitrogen and oxygen atoms in total. The van der Waals surface area contributed by atoms with E-state index < -0.39 is 35.7 Å². The Kier molecular flexibility index (Phi) is 12.3. The van der Waals surface area contributed by atoms with Gasteiger partial charge in [0.15, 0.2) is 0 Å². The molecule has 6 aromatic rings. The van der Waals surface area contributed by atoms with E-state index in [1.54, 1.807) is 0 Å². The topological polar surface area (TPSA) is 81.7 Å². The molecule has 9 heteroatoms. The summed E-state index contributed by atoms with van der Waals surface area (Å²) in [7, 11) is 1.34. The molecule has 2 aliphatic rings. The molecule has 0 aliphatic carbocycles. The Morgan fingerprint density at radius 3 is 1.69 bits per heavy atom. The lowest BCUT2D eigenvalue weighted by molar-refractivity contribution is -0.345. The second-order valence-corrected chi connectivity index (χ2v) is 14.9. The second-order valence-electron chi connectivity index (χ2n) is 14.5. The molecular formula is C49H45ClO8. The minimum Gasteiger partial charge on any atom is -0.489 e. The summed E-state index contributed by atoms with van der Waals surface area (Å²) in [6, 6.07) is 53.2. The largest absolute Gasteiger partial charge is 0.489 e. The van der Waals surface area contributed by atoms with Crippen LogP contribution in [0.4, 0.5) is 0 Å². The molecule has 0 radical (unpaired) electrons. The van der Waals surface area contributed by atoms with Crippen LogP contribution in [-0.2, 0) is 71.9 Å². The summed E-state index contributed by atoms with van der Waals surface area (Å²) >= 11 is 6.92. The van der Waals surface area contributed by atoms with Gasteiger partial charge in [0.25, 0.3) is 0 Å². The molecule has 2 aliphatic heterocycles. The summed E-state index contributed by atoms with van der Waals surface area (Å²) < 4.78 is 45.8. The molecule has 5 atom stereocenters. The number of esters is 1. The Bertz CT molecular complexity index is 2240. The van der Waals surface area contributed by atoms with Crippen molar-refractivity contribution in [3.05, 3.63) is 208 Å². The van der Waals surface area contributed by atoms with Crippen LogP contribution in [0.15, 0.2) is 164 Å². The molecule has 296 valence electrons. The summed E-state index contributed by atoms with van der Waals surface area (Å²) in [5, 5.41) is 0.570. The summed E-state index contributed by atoms with van der Waals surface area (Å²) in [5.41, 5.74) is 4.67. The molecule has 0 spiro atoms. The first-order chi connectivity index (χ1) is 28.5. The molecule has 8 rings (SSSR count). The SMILES string of the molecule is COC(=O)[C@@]12CO[C@@](c3ccc(Cl)c(Cc4ccc(OCc5ccccc5)cc4)c3)(O1)[C@H](OCc1ccccc1)[C@@H](OCc1ccccc1)[C@@H]2OCc1ccccc1. The highest BCUT2D eigenvalue weighted by atomic mass is 35.5. The van der Waals surface area contributed by atoms with Crippen LogP contribution < -0.4 is 4.74 Å². The van der Waals surface area contributed by atoms with Crippen LogP contribution in [0, 0.1) is 0 Å². The van der Waals surface area contributed by atoms with Gasteiger partial charge in [-0.15, -0.1) is 0 Å². The normalized spacial score (nSPS) is 22.3. The highest BCUT2D eigenvalue weighted by Crippen LogP contribution is 2.53. The van der Waals surface area contributed by atoms with E-state index in [1.807, 2.05) is 164 Å². The molecule has 2 saturated heterocycles. The van der Waals surface area contributed by atoms with Crippen molar-refractivity contribution in [1.82, 2.24) is 0 Å². The zero-order valence-electron chi connectivity index (χ0n) is 32.2. The Hall–Kier alpha value is -5.32. The Morgan fingerprint density at radius 1 is 0.621 bits per heavy atom. The number of halogens is 1. The van der Waals surface area contributed by atoms with E-state index in [-0.39, 0.29) is 26.4 Å². The molecule has 0 saturated carbocycles. The minimum absolute atomic E-state index is 0.169. The van der Waals surface area contributed by atoms with Gasteiger partial charge >= 0.3 is 5.97 Å². The van der Waals surface area contributed by atoms with Crippen molar-refractivity contribution in [2.75, 3.05) is 13.7 Å². The van der Waals surface area contributed by atoms with Crippen LogP contribution in [0.3, 0.4) is 0 Å². The zero-order chi connectivity index (χ0) is 39.8. The van der Waals surface area contributed by atoms with Gasteiger partial charge in [-0.1, -0.05) is 151 Å². The van der Waals surface area contributed by atoms with Crippen LogP contribution in [0.25, 0.3) is 0 Å². The number of hydrogen-bond donors (Lipinski definition) is 0. The minimum atomic E-state index is -1.70. The van der Waals surface area contributed by atoms with Crippen molar-refractivity contribution in [2.45, 2.75) is 62.5 Å². The van der Waals surface area contributed by atoms with E-state index >= 15 is 0 Å². The molecule has 0 aromatic heterocycles. The second kappa shape index (κ2) is 18.1. The van der Waals surface area contributed by atoms with Gasteiger partial charge in [-0.2, -0.15) is 0 Å². The Balaban J connectivity index is 1.16. The van der Waals surface area contributed by atoms with Crippen molar-refractivity contribution in [3.63, 3.8) is 0 Å². The van der Waals surface area contributed by atoms with Gasteiger partial charge in [0.05, 0.1) is 33.5 Å². The molecular weight excluding hydrogens is 752 g/mol. The molecule has 0 N–H and O–H groups in total. The van der Waals surface area contributed by atoms with Crippen molar-refractivity contribution in [1.29, 1.82) is 0 Å². The Labute approximate surface area is 344 Å². The molecule has 58 heavy (non-hydrogen) atoms. The lowest BCUT2D eigenvalue weighted by Gasteiger charge is -2.49. The van der Waals surface area contributed by atoms with Crippen molar-refractivity contribution >= 4 is 17.6 Å². The smallest absolute Gasteiger partial charge is 0.343 e. The lowest BCUT2D eigenvalue weighted by atomic mass is 9.82. The fourth-order valence-electron chi connectivity index (χ4n) is 7.65. The van der Waals surface area contributed by atoms with Gasteiger partial charge in [0.2, 0.25) is 11.4 Å². The van der Waals surface area contributed by atoms with E-state index in [0.717, 1.165) is 39.1 Å². The third kappa shape index (κ3) is 8.59. The molecule has 0 unspecified atom stereocenters. The van der Waals surface area contributed by atoms with E-state index in [4.69, 9.17) is 44.8 Å². The Morgan fingerprint density at radius 2 is 1.14 bits per heavy atom. The fraction of sp³-hybridized carbons (Fsp3) is 0.245. The van der Waals surface area contributed by atoms with Crippen molar-refractivity contribution in [3.8, 4) is 5.75 Å². The highest BCUT2D eigenvalue weighted by Gasteiger charge is 2.73. The van der Waals surface area contributed by atoms with Crippen molar-refractivity contribution < 1.29 is 38.0 Å². The average molecular weight is 797 g/mol. The standard InChI is InChI=1S/C49H45ClO8/c1-52-47(51)48-34-57-49(58-48,41-24-27-43(50)40(29-41)28-35-22-25-42(26-23-35)53-30-36-14-6-2-7-15-36)46(56-33-39-20-12-5-13-21-39)44(54-31-37-16-8-3-9-17-37)45(48)55-32-38-18-10-4-11-19-38/h2-27,29,44-46H,28,30-34H2,1H3/t44-,45-,46+,48-,49-/m0/s1. The van der Waals surface area contributed by atoms with Gasteiger partial charge in [-0.3, -0.25) is 0 Å². The molecule has 6 aromatic carbocycles. The molecule has 0 amide bonds. The number of rotatable bonds is 16. The number of carbonyl (C=O) groups excluding carboxylic acids is 1. The van der Waals surface area contributed by atoms with Crippen LogP contribution in [0.2, 0.25) is 5.02 Å². The predicted octanol–water partition coefficient (Wildman–Crippen LogP) is 9.39. The summed E-state index contributed by atoms with van der Waals surface area (Å²) in [4.78, 5) is 14.1. The van der Waals surface area contributed by atoms with E-state index in [2.05, 4.69) is 0 Å².